The molecule has 18 heavy (non-hydrogen) atoms. The number of hydrogen-bond donors (Lipinski definition) is 3. The third-order valence-electron chi connectivity index (χ3n) is 2.61. The molecule has 0 spiro atoms. The number of carbonyl (C=O) groups excluding carboxylic acids is 1. The van der Waals surface area contributed by atoms with Crippen LogP contribution in [0, 0.1) is 0 Å². The zero-order chi connectivity index (χ0) is 14.0. The first kappa shape index (κ1) is 17.3. The van der Waals surface area contributed by atoms with Gasteiger partial charge in [0, 0.05) is 12.1 Å². The summed E-state index contributed by atoms with van der Waals surface area (Å²) in [5.74, 6) is -0.391. The van der Waals surface area contributed by atoms with Crippen LogP contribution in [0.2, 0.25) is 6.04 Å². The Morgan fingerprint density at radius 1 is 1.22 bits per heavy atom. The Hall–Kier alpha value is -0.693. The standard InChI is InChI=1S/C12H24O5Si/c1-3-12(13)17-11(2)9-7-5-4-6-8-10-18(14,15)16/h3,11,14-16H,1,4-10H2,2H3. The summed E-state index contributed by atoms with van der Waals surface area (Å²) in [6.07, 6.45) is 6.34. The summed E-state index contributed by atoms with van der Waals surface area (Å²) in [5, 5.41) is 0. The van der Waals surface area contributed by atoms with Crippen molar-refractivity contribution in [3.05, 3.63) is 12.7 Å². The third-order valence-corrected chi connectivity index (χ3v) is 3.63. The second kappa shape index (κ2) is 9.27. The Kier molecular flexibility index (Phi) is 8.91. The molecule has 0 rings (SSSR count). The van der Waals surface area contributed by atoms with E-state index in [-0.39, 0.29) is 12.1 Å². The molecule has 0 aliphatic carbocycles. The lowest BCUT2D eigenvalue weighted by molar-refractivity contribution is -0.142. The zero-order valence-corrected chi connectivity index (χ0v) is 12.0. The van der Waals surface area contributed by atoms with Crippen molar-refractivity contribution < 1.29 is 23.9 Å². The Morgan fingerprint density at radius 2 is 1.78 bits per heavy atom. The van der Waals surface area contributed by atoms with Gasteiger partial charge < -0.3 is 19.1 Å². The highest BCUT2D eigenvalue weighted by Crippen LogP contribution is 2.12. The number of ether oxygens (including phenoxy) is 1. The minimum atomic E-state index is -3.83. The highest BCUT2D eigenvalue weighted by molar-refractivity contribution is 6.56. The Labute approximate surface area is 109 Å². The summed E-state index contributed by atoms with van der Waals surface area (Å²) in [7, 11) is -3.83. The van der Waals surface area contributed by atoms with Crippen LogP contribution in [-0.4, -0.2) is 35.3 Å². The SMILES string of the molecule is C=CC(=O)OC(C)CCCCCCC[Si](O)(O)O. The molecule has 0 aromatic rings. The lowest BCUT2D eigenvalue weighted by Crippen LogP contribution is -2.33. The van der Waals surface area contributed by atoms with E-state index in [1.807, 2.05) is 6.92 Å². The van der Waals surface area contributed by atoms with E-state index in [0.717, 1.165) is 38.2 Å². The van der Waals surface area contributed by atoms with Gasteiger partial charge in [0.25, 0.3) is 0 Å². The van der Waals surface area contributed by atoms with Gasteiger partial charge >= 0.3 is 14.8 Å². The van der Waals surface area contributed by atoms with Gasteiger partial charge in [-0.3, -0.25) is 0 Å². The number of esters is 1. The van der Waals surface area contributed by atoms with Crippen molar-refractivity contribution in [1.82, 2.24) is 0 Å². The van der Waals surface area contributed by atoms with E-state index in [4.69, 9.17) is 19.1 Å². The van der Waals surface area contributed by atoms with Gasteiger partial charge in [-0.1, -0.05) is 25.8 Å². The van der Waals surface area contributed by atoms with Crippen molar-refractivity contribution in [2.45, 2.75) is 57.6 Å². The molecule has 0 aromatic carbocycles. The molecule has 3 N–H and O–H groups in total. The largest absolute Gasteiger partial charge is 0.492 e. The van der Waals surface area contributed by atoms with Crippen molar-refractivity contribution >= 4 is 14.8 Å². The first-order valence-electron chi connectivity index (χ1n) is 6.35. The fourth-order valence-electron chi connectivity index (χ4n) is 1.63. The van der Waals surface area contributed by atoms with E-state index in [1.54, 1.807) is 0 Å². The lowest BCUT2D eigenvalue weighted by atomic mass is 10.1. The normalized spacial score (nSPS) is 13.1. The molecule has 0 amide bonds. The molecule has 1 unspecified atom stereocenters. The van der Waals surface area contributed by atoms with Crippen molar-refractivity contribution in [2.24, 2.45) is 0 Å². The smallest absolute Gasteiger partial charge is 0.460 e. The van der Waals surface area contributed by atoms with Crippen molar-refractivity contribution in [2.75, 3.05) is 0 Å². The van der Waals surface area contributed by atoms with Crippen LogP contribution in [0.1, 0.15) is 45.4 Å². The molecule has 0 heterocycles. The number of rotatable bonds is 10. The van der Waals surface area contributed by atoms with Gasteiger partial charge in [0.05, 0.1) is 6.10 Å². The molecule has 0 radical (unpaired) electrons. The van der Waals surface area contributed by atoms with Crippen molar-refractivity contribution in [3.8, 4) is 0 Å². The quantitative estimate of drug-likeness (QED) is 0.243. The van der Waals surface area contributed by atoms with Gasteiger partial charge in [0.1, 0.15) is 0 Å². The van der Waals surface area contributed by atoms with Crippen molar-refractivity contribution in [3.63, 3.8) is 0 Å². The molecule has 0 bridgehead atoms. The predicted molar refractivity (Wildman–Crippen MR) is 70.7 cm³/mol. The number of hydrogen-bond acceptors (Lipinski definition) is 5. The average molecular weight is 276 g/mol. The first-order chi connectivity index (χ1) is 8.35. The van der Waals surface area contributed by atoms with Gasteiger partial charge in [-0.05, 0) is 26.2 Å². The predicted octanol–water partition coefficient (Wildman–Crippen LogP) is 1.36. The van der Waals surface area contributed by atoms with Crippen LogP contribution < -0.4 is 0 Å². The summed E-state index contributed by atoms with van der Waals surface area (Å²) in [5.41, 5.74) is 0. The lowest BCUT2D eigenvalue weighted by Gasteiger charge is -2.11. The van der Waals surface area contributed by atoms with E-state index in [2.05, 4.69) is 6.58 Å². The second-order valence-corrected chi connectivity index (χ2v) is 6.58. The van der Waals surface area contributed by atoms with E-state index < -0.39 is 14.8 Å². The topological polar surface area (TPSA) is 87.0 Å². The van der Waals surface area contributed by atoms with Crippen LogP contribution in [-0.2, 0) is 9.53 Å². The molecule has 0 saturated carbocycles. The summed E-state index contributed by atoms with van der Waals surface area (Å²) < 4.78 is 5.02. The Morgan fingerprint density at radius 3 is 2.33 bits per heavy atom. The Balaban J connectivity index is 3.35. The van der Waals surface area contributed by atoms with E-state index in [1.165, 1.54) is 0 Å². The van der Waals surface area contributed by atoms with E-state index >= 15 is 0 Å². The molecule has 6 heteroatoms. The summed E-state index contributed by atoms with van der Waals surface area (Å²) in [4.78, 5) is 37.3. The minimum Gasteiger partial charge on any atom is -0.460 e. The third kappa shape index (κ3) is 11.8. The number of carbonyl (C=O) groups is 1. The monoisotopic (exact) mass is 276 g/mol. The van der Waals surface area contributed by atoms with Gasteiger partial charge in [-0.25, -0.2) is 4.79 Å². The molecular formula is C12H24O5Si. The Bertz CT molecular complexity index is 249. The number of unbranched alkanes of at least 4 members (excludes halogenated alkanes) is 4. The zero-order valence-electron chi connectivity index (χ0n) is 11.0. The first-order valence-corrected chi connectivity index (χ1v) is 8.40. The molecule has 5 nitrogen and oxygen atoms in total. The molecule has 0 aromatic heterocycles. The molecule has 106 valence electrons. The molecule has 1 atom stereocenters. The fraction of sp³-hybridized carbons (Fsp3) is 0.750. The molecule has 0 aliphatic rings. The maximum atomic E-state index is 10.9. The molecular weight excluding hydrogens is 252 g/mol. The fourth-order valence-corrected chi connectivity index (χ4v) is 2.35. The van der Waals surface area contributed by atoms with Crippen LogP contribution in [0.25, 0.3) is 0 Å². The second-order valence-electron chi connectivity index (χ2n) is 4.53. The summed E-state index contributed by atoms with van der Waals surface area (Å²) >= 11 is 0. The van der Waals surface area contributed by atoms with Crippen LogP contribution in [0.4, 0.5) is 0 Å². The van der Waals surface area contributed by atoms with Gasteiger partial charge in [0.15, 0.2) is 0 Å². The van der Waals surface area contributed by atoms with Gasteiger partial charge in [-0.2, -0.15) is 0 Å². The molecule has 0 aliphatic heterocycles. The summed E-state index contributed by atoms with van der Waals surface area (Å²) in [6, 6.07) is 0.111. The van der Waals surface area contributed by atoms with Gasteiger partial charge in [0.2, 0.25) is 0 Å². The minimum absolute atomic E-state index is 0.0946. The maximum absolute atomic E-state index is 10.9. The van der Waals surface area contributed by atoms with Crippen LogP contribution in [0.3, 0.4) is 0 Å². The summed E-state index contributed by atoms with van der Waals surface area (Å²) in [6.45, 7) is 5.18. The highest BCUT2D eigenvalue weighted by atomic mass is 28.4. The van der Waals surface area contributed by atoms with Crippen LogP contribution in [0.15, 0.2) is 12.7 Å². The highest BCUT2D eigenvalue weighted by Gasteiger charge is 2.25. The van der Waals surface area contributed by atoms with Crippen molar-refractivity contribution in [1.29, 1.82) is 0 Å². The van der Waals surface area contributed by atoms with Crippen LogP contribution in [0.5, 0.6) is 0 Å². The molecule has 0 fully saturated rings. The average Bonchev–Trinajstić information content (AvgIpc) is 2.26. The van der Waals surface area contributed by atoms with E-state index in [0.29, 0.717) is 6.42 Å². The molecule has 0 saturated heterocycles. The van der Waals surface area contributed by atoms with Crippen LogP contribution >= 0.6 is 0 Å². The maximum Gasteiger partial charge on any atom is 0.492 e. The van der Waals surface area contributed by atoms with Gasteiger partial charge in [-0.15, -0.1) is 0 Å². The van der Waals surface area contributed by atoms with E-state index in [9.17, 15) is 4.79 Å².